The second kappa shape index (κ2) is 7.23. The maximum Gasteiger partial charge on any atom is 0.0897 e. The van der Waals surface area contributed by atoms with E-state index in [0.717, 1.165) is 23.8 Å². The normalized spacial score (nSPS) is 29.7. The van der Waals surface area contributed by atoms with E-state index in [0.29, 0.717) is 0 Å². The molecule has 0 aromatic carbocycles. The summed E-state index contributed by atoms with van der Waals surface area (Å²) in [5.74, 6) is 2.70. The van der Waals surface area contributed by atoms with Gasteiger partial charge in [0.15, 0.2) is 0 Å². The first-order valence-corrected chi connectivity index (χ1v) is 9.77. The Morgan fingerprint density at radius 3 is 2.76 bits per heavy atom. The SMILES string of the molecule is CCCC1CCC(CNC2CC2)C(Cc2csc(C)n2)C1. The van der Waals surface area contributed by atoms with Crippen molar-refractivity contribution in [1.29, 1.82) is 0 Å². The van der Waals surface area contributed by atoms with Crippen molar-refractivity contribution >= 4 is 11.3 Å². The van der Waals surface area contributed by atoms with Crippen LogP contribution in [0.2, 0.25) is 0 Å². The van der Waals surface area contributed by atoms with Crippen molar-refractivity contribution in [3.8, 4) is 0 Å². The zero-order valence-electron chi connectivity index (χ0n) is 13.6. The van der Waals surface area contributed by atoms with E-state index in [1.807, 2.05) is 0 Å². The molecule has 118 valence electrons. The maximum atomic E-state index is 4.72. The van der Waals surface area contributed by atoms with E-state index in [9.17, 15) is 0 Å². The monoisotopic (exact) mass is 306 g/mol. The number of rotatable bonds is 7. The maximum absolute atomic E-state index is 4.72. The Morgan fingerprint density at radius 2 is 2.10 bits per heavy atom. The van der Waals surface area contributed by atoms with Crippen molar-refractivity contribution in [3.63, 3.8) is 0 Å². The van der Waals surface area contributed by atoms with Crippen LogP contribution in [-0.4, -0.2) is 17.6 Å². The molecule has 3 unspecified atom stereocenters. The first-order chi connectivity index (χ1) is 10.2. The summed E-state index contributed by atoms with van der Waals surface area (Å²) < 4.78 is 0. The highest BCUT2D eigenvalue weighted by Gasteiger charge is 2.32. The molecule has 1 heterocycles. The lowest BCUT2D eigenvalue weighted by molar-refractivity contribution is 0.166. The summed E-state index contributed by atoms with van der Waals surface area (Å²) >= 11 is 1.81. The minimum absolute atomic E-state index is 0.848. The molecule has 0 saturated heterocycles. The number of hydrogen-bond acceptors (Lipinski definition) is 3. The van der Waals surface area contributed by atoms with E-state index in [2.05, 4.69) is 24.5 Å². The van der Waals surface area contributed by atoms with E-state index in [-0.39, 0.29) is 0 Å². The minimum atomic E-state index is 0.848. The van der Waals surface area contributed by atoms with Gasteiger partial charge in [-0.15, -0.1) is 11.3 Å². The smallest absolute Gasteiger partial charge is 0.0897 e. The fourth-order valence-electron chi connectivity index (χ4n) is 3.99. The number of nitrogens with one attached hydrogen (secondary N) is 1. The predicted octanol–water partition coefficient (Wildman–Crippen LogP) is 4.58. The van der Waals surface area contributed by atoms with Gasteiger partial charge in [0.2, 0.25) is 0 Å². The van der Waals surface area contributed by atoms with Crippen molar-refractivity contribution < 1.29 is 0 Å². The fourth-order valence-corrected chi connectivity index (χ4v) is 4.61. The molecule has 0 amide bonds. The molecule has 21 heavy (non-hydrogen) atoms. The molecular weight excluding hydrogens is 276 g/mol. The van der Waals surface area contributed by atoms with Crippen molar-refractivity contribution in [2.75, 3.05) is 6.54 Å². The van der Waals surface area contributed by atoms with Gasteiger partial charge in [0, 0.05) is 11.4 Å². The number of thiazole rings is 1. The molecule has 3 heteroatoms. The van der Waals surface area contributed by atoms with Crippen molar-refractivity contribution in [3.05, 3.63) is 16.1 Å². The van der Waals surface area contributed by atoms with Crippen LogP contribution in [-0.2, 0) is 6.42 Å². The van der Waals surface area contributed by atoms with Gasteiger partial charge in [-0.1, -0.05) is 26.2 Å². The number of aromatic nitrogens is 1. The molecule has 1 aromatic rings. The lowest BCUT2D eigenvalue weighted by Crippen LogP contribution is -2.35. The van der Waals surface area contributed by atoms with Crippen LogP contribution in [0, 0.1) is 24.7 Å². The van der Waals surface area contributed by atoms with Gasteiger partial charge in [-0.2, -0.15) is 0 Å². The molecule has 0 spiro atoms. The molecule has 2 saturated carbocycles. The molecule has 1 aromatic heterocycles. The highest BCUT2D eigenvalue weighted by molar-refractivity contribution is 7.09. The molecule has 0 radical (unpaired) electrons. The summed E-state index contributed by atoms with van der Waals surface area (Å²) in [6, 6.07) is 0.848. The third-order valence-corrected chi connectivity index (χ3v) is 6.15. The van der Waals surface area contributed by atoms with E-state index < -0.39 is 0 Å². The summed E-state index contributed by atoms with van der Waals surface area (Å²) in [6.07, 6.45) is 11.1. The highest BCUT2D eigenvalue weighted by atomic mass is 32.1. The summed E-state index contributed by atoms with van der Waals surface area (Å²) in [6.45, 7) is 5.71. The third-order valence-electron chi connectivity index (χ3n) is 5.33. The zero-order valence-corrected chi connectivity index (χ0v) is 14.4. The molecule has 1 N–H and O–H groups in total. The van der Waals surface area contributed by atoms with Gasteiger partial charge in [-0.3, -0.25) is 0 Å². The van der Waals surface area contributed by atoms with Crippen LogP contribution >= 0.6 is 11.3 Å². The number of aryl methyl sites for hydroxylation is 1. The van der Waals surface area contributed by atoms with Crippen LogP contribution < -0.4 is 5.32 Å². The highest BCUT2D eigenvalue weighted by Crippen LogP contribution is 2.38. The summed E-state index contributed by atoms with van der Waals surface area (Å²) in [7, 11) is 0. The van der Waals surface area contributed by atoms with Gasteiger partial charge in [0.05, 0.1) is 10.7 Å². The van der Waals surface area contributed by atoms with Crippen molar-refractivity contribution in [2.45, 2.75) is 71.3 Å². The molecule has 2 fully saturated rings. The van der Waals surface area contributed by atoms with Gasteiger partial charge in [-0.05, 0) is 63.3 Å². The van der Waals surface area contributed by atoms with Gasteiger partial charge in [0.25, 0.3) is 0 Å². The van der Waals surface area contributed by atoms with Crippen LogP contribution in [0.15, 0.2) is 5.38 Å². The topological polar surface area (TPSA) is 24.9 Å². The molecule has 2 nitrogen and oxygen atoms in total. The van der Waals surface area contributed by atoms with E-state index in [1.54, 1.807) is 11.3 Å². The first kappa shape index (κ1) is 15.5. The van der Waals surface area contributed by atoms with E-state index >= 15 is 0 Å². The van der Waals surface area contributed by atoms with Gasteiger partial charge >= 0.3 is 0 Å². The molecule has 3 rings (SSSR count). The van der Waals surface area contributed by atoms with E-state index in [4.69, 9.17) is 4.98 Å². The number of nitrogens with zero attached hydrogens (tertiary/aromatic N) is 1. The molecule has 0 bridgehead atoms. The Labute approximate surface area is 133 Å². The Balaban J connectivity index is 1.59. The van der Waals surface area contributed by atoms with Crippen molar-refractivity contribution in [2.24, 2.45) is 17.8 Å². The molecule has 3 atom stereocenters. The van der Waals surface area contributed by atoms with Crippen LogP contribution in [0.3, 0.4) is 0 Å². The zero-order chi connectivity index (χ0) is 14.7. The minimum Gasteiger partial charge on any atom is -0.314 e. The second-order valence-corrected chi connectivity index (χ2v) is 8.29. The second-order valence-electron chi connectivity index (χ2n) is 7.23. The Kier molecular flexibility index (Phi) is 5.33. The molecule has 2 aliphatic carbocycles. The average molecular weight is 307 g/mol. The average Bonchev–Trinajstić information content (AvgIpc) is 3.21. The lowest BCUT2D eigenvalue weighted by Gasteiger charge is -2.36. The van der Waals surface area contributed by atoms with Crippen LogP contribution in [0.1, 0.15) is 62.6 Å². The molecule has 2 aliphatic rings. The lowest BCUT2D eigenvalue weighted by atomic mass is 9.71. The standard InChI is InChI=1S/C18H30N2S/c1-3-4-14-5-6-15(11-19-17-7-8-17)16(9-14)10-18-12-21-13(2)20-18/h12,14-17,19H,3-11H2,1-2H3. The summed E-state index contributed by atoms with van der Waals surface area (Å²) in [5, 5.41) is 7.28. The Morgan fingerprint density at radius 1 is 1.24 bits per heavy atom. The predicted molar refractivity (Wildman–Crippen MR) is 90.8 cm³/mol. The Bertz CT molecular complexity index is 438. The summed E-state index contributed by atoms with van der Waals surface area (Å²) in [5.41, 5.74) is 1.34. The number of hydrogen-bond donors (Lipinski definition) is 1. The van der Waals surface area contributed by atoms with Gasteiger partial charge < -0.3 is 5.32 Å². The van der Waals surface area contributed by atoms with Crippen LogP contribution in [0.5, 0.6) is 0 Å². The molecular formula is C18H30N2S. The van der Waals surface area contributed by atoms with E-state index in [1.165, 1.54) is 68.6 Å². The first-order valence-electron chi connectivity index (χ1n) is 8.89. The Hall–Kier alpha value is -0.410. The van der Waals surface area contributed by atoms with Gasteiger partial charge in [-0.25, -0.2) is 4.98 Å². The van der Waals surface area contributed by atoms with Gasteiger partial charge in [0.1, 0.15) is 0 Å². The quantitative estimate of drug-likeness (QED) is 0.797. The molecule has 0 aliphatic heterocycles. The summed E-state index contributed by atoms with van der Waals surface area (Å²) in [4.78, 5) is 4.72. The largest absolute Gasteiger partial charge is 0.314 e. The van der Waals surface area contributed by atoms with Crippen molar-refractivity contribution in [1.82, 2.24) is 10.3 Å². The van der Waals surface area contributed by atoms with Crippen LogP contribution in [0.25, 0.3) is 0 Å². The fraction of sp³-hybridized carbons (Fsp3) is 0.833. The van der Waals surface area contributed by atoms with Crippen LogP contribution in [0.4, 0.5) is 0 Å². The third kappa shape index (κ3) is 4.53.